The average molecular weight is 346 g/mol. The fourth-order valence-corrected chi connectivity index (χ4v) is 3.50. The van der Waals surface area contributed by atoms with Crippen LogP contribution in [0, 0.1) is 5.92 Å². The molecule has 2 rings (SSSR count). The lowest BCUT2D eigenvalue weighted by Gasteiger charge is -2.38. The van der Waals surface area contributed by atoms with E-state index in [4.69, 9.17) is 11.5 Å². The van der Waals surface area contributed by atoms with Crippen molar-refractivity contribution in [3.63, 3.8) is 0 Å². The molecule has 1 aliphatic rings. The van der Waals surface area contributed by atoms with Gasteiger partial charge in [0.25, 0.3) is 5.91 Å². The van der Waals surface area contributed by atoms with Crippen LogP contribution in [-0.2, 0) is 9.59 Å². The van der Waals surface area contributed by atoms with Crippen LogP contribution in [0.2, 0.25) is 0 Å². The molecule has 138 valence electrons. The summed E-state index contributed by atoms with van der Waals surface area (Å²) in [5.74, 6) is -0.840. The number of unbranched alkanes of at least 4 members (excludes halogenated alkanes) is 1. The number of amides is 1. The van der Waals surface area contributed by atoms with Gasteiger partial charge < -0.3 is 21.7 Å². The van der Waals surface area contributed by atoms with Crippen molar-refractivity contribution in [2.24, 2.45) is 17.4 Å². The van der Waals surface area contributed by atoms with E-state index in [0.29, 0.717) is 12.1 Å². The molecule has 0 aliphatic carbocycles. The van der Waals surface area contributed by atoms with Gasteiger partial charge in [-0.15, -0.1) is 0 Å². The van der Waals surface area contributed by atoms with Gasteiger partial charge in [-0.05, 0) is 24.5 Å². The van der Waals surface area contributed by atoms with Crippen LogP contribution in [-0.4, -0.2) is 36.4 Å². The first kappa shape index (κ1) is 19.4. The van der Waals surface area contributed by atoms with Crippen LogP contribution < -0.4 is 21.7 Å². The number of nitrogens with zero attached hydrogens (tertiary/aromatic N) is 1. The summed E-state index contributed by atoms with van der Waals surface area (Å²) in [6.45, 7) is 5.94. The van der Waals surface area contributed by atoms with Gasteiger partial charge in [0.2, 0.25) is 0 Å². The standard InChI is InChI=1S/C19H30N4O2/c1-5-6-9-13(20)17(24)19(21)16(12(2)3)22-14-10-7-8-11-15(14)23(4)18(19)25/h7-8,10-13,16,22H,5-6,9,20-21H2,1-4H3/t13-,16?,19?/m0/s1. The Hall–Kier alpha value is -1.92. The van der Waals surface area contributed by atoms with E-state index in [1.54, 1.807) is 7.05 Å². The normalized spacial score (nSPS) is 24.5. The van der Waals surface area contributed by atoms with Crippen LogP contribution in [0.15, 0.2) is 24.3 Å². The maximum absolute atomic E-state index is 13.2. The van der Waals surface area contributed by atoms with Crippen LogP contribution >= 0.6 is 0 Å². The molecule has 1 amide bonds. The van der Waals surface area contributed by atoms with Gasteiger partial charge in [-0.1, -0.05) is 45.7 Å². The number of fused-ring (bicyclic) bond motifs is 1. The molecule has 25 heavy (non-hydrogen) atoms. The van der Waals surface area contributed by atoms with Gasteiger partial charge in [0.05, 0.1) is 23.5 Å². The molecule has 1 heterocycles. The van der Waals surface area contributed by atoms with Gasteiger partial charge >= 0.3 is 0 Å². The van der Waals surface area contributed by atoms with Gasteiger partial charge in [0.15, 0.2) is 11.3 Å². The van der Waals surface area contributed by atoms with E-state index in [1.165, 1.54) is 4.90 Å². The van der Waals surface area contributed by atoms with Crippen LogP contribution in [0.3, 0.4) is 0 Å². The number of para-hydroxylation sites is 2. The Morgan fingerprint density at radius 3 is 2.60 bits per heavy atom. The summed E-state index contributed by atoms with van der Waals surface area (Å²) in [5, 5.41) is 3.34. The second-order valence-electron chi connectivity index (χ2n) is 7.23. The summed E-state index contributed by atoms with van der Waals surface area (Å²) < 4.78 is 0. The Bertz CT molecular complexity index is 646. The fourth-order valence-electron chi connectivity index (χ4n) is 3.50. The Morgan fingerprint density at radius 1 is 1.36 bits per heavy atom. The number of hydrogen-bond acceptors (Lipinski definition) is 5. The molecule has 1 aliphatic heterocycles. The van der Waals surface area contributed by atoms with Gasteiger partial charge in [0, 0.05) is 7.05 Å². The van der Waals surface area contributed by atoms with E-state index in [2.05, 4.69) is 5.32 Å². The maximum Gasteiger partial charge on any atom is 0.256 e. The van der Waals surface area contributed by atoms with Crippen molar-refractivity contribution in [1.82, 2.24) is 0 Å². The number of nitrogens with one attached hydrogen (secondary N) is 1. The molecular formula is C19H30N4O2. The third-order valence-corrected chi connectivity index (χ3v) is 5.01. The molecule has 1 aromatic rings. The average Bonchev–Trinajstić information content (AvgIpc) is 2.69. The van der Waals surface area contributed by atoms with E-state index >= 15 is 0 Å². The molecule has 0 saturated heterocycles. The minimum atomic E-state index is -1.70. The highest BCUT2D eigenvalue weighted by Crippen LogP contribution is 2.35. The lowest BCUT2D eigenvalue weighted by atomic mass is 9.76. The smallest absolute Gasteiger partial charge is 0.256 e. The molecule has 0 bridgehead atoms. The van der Waals surface area contributed by atoms with Crippen molar-refractivity contribution in [3.05, 3.63) is 24.3 Å². The zero-order valence-corrected chi connectivity index (χ0v) is 15.6. The first-order chi connectivity index (χ1) is 11.7. The molecule has 6 nitrogen and oxygen atoms in total. The maximum atomic E-state index is 13.2. The Balaban J connectivity index is 2.50. The first-order valence-corrected chi connectivity index (χ1v) is 8.97. The lowest BCUT2D eigenvalue weighted by Crippen LogP contribution is -2.71. The predicted molar refractivity (Wildman–Crippen MR) is 102 cm³/mol. The molecule has 5 N–H and O–H groups in total. The molecule has 6 heteroatoms. The van der Waals surface area contributed by atoms with Gasteiger partial charge in [-0.2, -0.15) is 0 Å². The number of benzene rings is 1. The monoisotopic (exact) mass is 346 g/mol. The number of hydrogen-bond donors (Lipinski definition) is 3. The number of carbonyl (C=O) groups is 2. The second-order valence-corrected chi connectivity index (χ2v) is 7.23. The molecule has 0 radical (unpaired) electrons. The predicted octanol–water partition coefficient (Wildman–Crippen LogP) is 1.88. The zero-order valence-electron chi connectivity index (χ0n) is 15.6. The van der Waals surface area contributed by atoms with Crippen molar-refractivity contribution >= 4 is 23.1 Å². The second kappa shape index (κ2) is 7.54. The van der Waals surface area contributed by atoms with E-state index in [0.717, 1.165) is 18.5 Å². The van der Waals surface area contributed by atoms with E-state index in [9.17, 15) is 9.59 Å². The summed E-state index contributed by atoms with van der Waals surface area (Å²) in [7, 11) is 1.65. The van der Waals surface area contributed by atoms with E-state index in [1.807, 2.05) is 45.0 Å². The number of carbonyl (C=O) groups excluding carboxylic acids is 2. The van der Waals surface area contributed by atoms with Gasteiger partial charge in [-0.25, -0.2) is 0 Å². The van der Waals surface area contributed by atoms with Crippen LogP contribution in [0.5, 0.6) is 0 Å². The number of rotatable bonds is 6. The van der Waals surface area contributed by atoms with Crippen molar-refractivity contribution in [1.29, 1.82) is 0 Å². The third kappa shape index (κ3) is 3.41. The summed E-state index contributed by atoms with van der Waals surface area (Å²) in [6, 6.07) is 6.19. The first-order valence-electron chi connectivity index (χ1n) is 8.97. The number of ketones is 1. The number of anilines is 2. The molecule has 2 unspecified atom stereocenters. The van der Waals surface area contributed by atoms with Crippen LogP contribution in [0.1, 0.15) is 40.0 Å². The number of likely N-dealkylation sites (N-methyl/N-ethyl adjacent to an activating group) is 1. The summed E-state index contributed by atoms with van der Waals surface area (Å²) in [5.41, 5.74) is 12.5. The molecule has 0 spiro atoms. The summed E-state index contributed by atoms with van der Waals surface area (Å²) >= 11 is 0. The molecule has 1 aromatic carbocycles. The van der Waals surface area contributed by atoms with Crippen LogP contribution in [0.25, 0.3) is 0 Å². The quantitative estimate of drug-likeness (QED) is 0.683. The molecular weight excluding hydrogens is 316 g/mol. The fraction of sp³-hybridized carbons (Fsp3) is 0.579. The van der Waals surface area contributed by atoms with Crippen molar-refractivity contribution < 1.29 is 9.59 Å². The van der Waals surface area contributed by atoms with Gasteiger partial charge in [-0.3, -0.25) is 9.59 Å². The Kier molecular flexibility index (Phi) is 5.85. The highest BCUT2D eigenvalue weighted by Gasteiger charge is 2.54. The highest BCUT2D eigenvalue weighted by molar-refractivity contribution is 6.20. The van der Waals surface area contributed by atoms with Crippen LogP contribution in [0.4, 0.5) is 11.4 Å². The van der Waals surface area contributed by atoms with Crippen molar-refractivity contribution in [2.75, 3.05) is 17.3 Å². The van der Waals surface area contributed by atoms with Gasteiger partial charge in [0.1, 0.15) is 0 Å². The third-order valence-electron chi connectivity index (χ3n) is 5.01. The van der Waals surface area contributed by atoms with Crippen molar-refractivity contribution in [2.45, 2.75) is 57.7 Å². The van der Waals surface area contributed by atoms with E-state index in [-0.39, 0.29) is 5.92 Å². The van der Waals surface area contributed by atoms with E-state index < -0.39 is 29.3 Å². The molecule has 3 atom stereocenters. The highest BCUT2D eigenvalue weighted by atomic mass is 16.2. The number of Topliss-reactive ketones (excluding diaryl/α,β-unsaturated/α-hetero) is 1. The molecule has 0 fully saturated rings. The SMILES string of the molecule is CCCC[C@H](N)C(=O)C1(N)C(=O)N(C)c2ccccc2NC1C(C)C. The minimum Gasteiger partial charge on any atom is -0.377 e. The minimum absolute atomic E-state index is 0.0316. The summed E-state index contributed by atoms with van der Waals surface area (Å²) in [6.07, 6.45) is 2.29. The Morgan fingerprint density at radius 2 is 2.00 bits per heavy atom. The summed E-state index contributed by atoms with van der Waals surface area (Å²) in [4.78, 5) is 27.9. The molecule has 0 aromatic heterocycles. The zero-order chi connectivity index (χ0) is 18.8. The number of nitrogens with two attached hydrogens (primary N) is 2. The van der Waals surface area contributed by atoms with Crippen molar-refractivity contribution in [3.8, 4) is 0 Å². The molecule has 0 saturated carbocycles. The largest absolute Gasteiger partial charge is 0.377 e. The Labute approximate surface area is 149 Å². The topological polar surface area (TPSA) is 101 Å². The lowest BCUT2D eigenvalue weighted by molar-refractivity contribution is -0.136.